The molecular formula is C11H13FN4O3S. The van der Waals surface area contributed by atoms with Crippen molar-refractivity contribution in [2.75, 3.05) is 14.1 Å². The molecule has 2 aromatic rings. The molecule has 1 aromatic carbocycles. The zero-order chi connectivity index (χ0) is 14.8. The highest BCUT2D eigenvalue weighted by atomic mass is 32.2. The van der Waals surface area contributed by atoms with E-state index in [-0.39, 0.29) is 23.9 Å². The molecule has 0 radical (unpaired) electrons. The topological polar surface area (TPSA) is 88.3 Å². The summed E-state index contributed by atoms with van der Waals surface area (Å²) < 4.78 is 45.0. The zero-order valence-electron chi connectivity index (χ0n) is 10.9. The third-order valence-corrected chi connectivity index (χ3v) is 3.93. The van der Waals surface area contributed by atoms with Gasteiger partial charge in [0, 0.05) is 14.1 Å². The summed E-state index contributed by atoms with van der Waals surface area (Å²) >= 11 is 0. The molecule has 7 nitrogen and oxygen atoms in total. The minimum Gasteiger partial charge on any atom is -0.419 e. The van der Waals surface area contributed by atoms with Crippen molar-refractivity contribution in [1.29, 1.82) is 0 Å². The first-order valence-corrected chi connectivity index (χ1v) is 7.08. The number of hydrogen-bond donors (Lipinski definition) is 1. The molecule has 0 aliphatic heterocycles. The predicted molar refractivity (Wildman–Crippen MR) is 69.1 cm³/mol. The second-order valence-corrected chi connectivity index (χ2v) is 6.06. The lowest BCUT2D eigenvalue weighted by atomic mass is 10.2. The van der Waals surface area contributed by atoms with Crippen LogP contribution in [0.1, 0.15) is 5.89 Å². The van der Waals surface area contributed by atoms with Crippen LogP contribution in [-0.4, -0.2) is 37.0 Å². The number of nitrogens with one attached hydrogen (secondary N) is 1. The molecule has 1 aromatic heterocycles. The molecule has 1 heterocycles. The van der Waals surface area contributed by atoms with E-state index in [1.807, 2.05) is 0 Å². The summed E-state index contributed by atoms with van der Waals surface area (Å²) in [4.78, 5) is 0. The van der Waals surface area contributed by atoms with Crippen molar-refractivity contribution in [2.45, 2.75) is 6.54 Å². The standard InChI is InChI=1S/C11H13FN4O3S/c1-16(2)20(17,18)13-7-10-14-15-11(19-10)8-5-3-4-6-9(8)12/h3-6,13H,7H2,1-2H3. The molecular weight excluding hydrogens is 287 g/mol. The molecule has 0 aliphatic rings. The van der Waals surface area contributed by atoms with Gasteiger partial charge in [-0.2, -0.15) is 17.4 Å². The third kappa shape index (κ3) is 3.18. The Morgan fingerprint density at radius 3 is 2.65 bits per heavy atom. The van der Waals surface area contributed by atoms with Crippen LogP contribution in [0.15, 0.2) is 28.7 Å². The van der Waals surface area contributed by atoms with Crippen molar-refractivity contribution in [3.05, 3.63) is 36.0 Å². The molecule has 0 saturated heterocycles. The summed E-state index contributed by atoms with van der Waals surface area (Å²) in [5.41, 5.74) is 0.168. The van der Waals surface area contributed by atoms with Crippen LogP contribution < -0.4 is 4.72 Å². The van der Waals surface area contributed by atoms with Crippen molar-refractivity contribution in [3.63, 3.8) is 0 Å². The van der Waals surface area contributed by atoms with Gasteiger partial charge in [0.25, 0.3) is 16.1 Å². The molecule has 0 aliphatic carbocycles. The summed E-state index contributed by atoms with van der Waals surface area (Å²) in [5, 5.41) is 7.35. The molecule has 0 amide bonds. The molecule has 0 fully saturated rings. The van der Waals surface area contributed by atoms with Gasteiger partial charge in [0.2, 0.25) is 5.89 Å². The van der Waals surface area contributed by atoms with Crippen LogP contribution >= 0.6 is 0 Å². The van der Waals surface area contributed by atoms with Gasteiger partial charge < -0.3 is 4.42 Å². The van der Waals surface area contributed by atoms with Gasteiger partial charge in [0.1, 0.15) is 5.82 Å². The van der Waals surface area contributed by atoms with Gasteiger partial charge in [0.05, 0.1) is 12.1 Å². The molecule has 2 rings (SSSR count). The van der Waals surface area contributed by atoms with Gasteiger partial charge in [-0.3, -0.25) is 0 Å². The summed E-state index contributed by atoms with van der Waals surface area (Å²) in [5.74, 6) is -0.438. The van der Waals surface area contributed by atoms with Crippen molar-refractivity contribution >= 4 is 10.2 Å². The Bertz CT molecular complexity index is 699. The number of benzene rings is 1. The largest absolute Gasteiger partial charge is 0.419 e. The summed E-state index contributed by atoms with van der Waals surface area (Å²) in [7, 11) is -0.799. The number of hydrogen-bond acceptors (Lipinski definition) is 5. The van der Waals surface area contributed by atoms with Crippen LogP contribution in [-0.2, 0) is 16.8 Å². The highest BCUT2D eigenvalue weighted by Gasteiger charge is 2.16. The number of rotatable bonds is 5. The molecule has 0 unspecified atom stereocenters. The number of nitrogens with zero attached hydrogens (tertiary/aromatic N) is 3. The number of halogens is 1. The SMILES string of the molecule is CN(C)S(=O)(=O)NCc1nnc(-c2ccccc2F)o1. The fourth-order valence-electron chi connectivity index (χ4n) is 1.35. The van der Waals surface area contributed by atoms with Crippen LogP contribution in [0, 0.1) is 5.82 Å². The zero-order valence-corrected chi connectivity index (χ0v) is 11.7. The Hall–Kier alpha value is -1.84. The second kappa shape index (κ2) is 5.65. The molecule has 20 heavy (non-hydrogen) atoms. The molecule has 0 spiro atoms. The van der Waals surface area contributed by atoms with E-state index in [1.165, 1.54) is 26.2 Å². The number of aromatic nitrogens is 2. The maximum Gasteiger partial charge on any atom is 0.279 e. The van der Waals surface area contributed by atoms with Gasteiger partial charge >= 0.3 is 0 Å². The third-order valence-electron chi connectivity index (χ3n) is 2.46. The Morgan fingerprint density at radius 2 is 2.00 bits per heavy atom. The van der Waals surface area contributed by atoms with Crippen LogP contribution in [0.2, 0.25) is 0 Å². The Kier molecular flexibility index (Phi) is 4.12. The molecule has 9 heteroatoms. The highest BCUT2D eigenvalue weighted by Crippen LogP contribution is 2.20. The van der Waals surface area contributed by atoms with Gasteiger partial charge in [-0.15, -0.1) is 10.2 Å². The second-order valence-electron chi connectivity index (χ2n) is 4.09. The maximum absolute atomic E-state index is 13.5. The van der Waals surface area contributed by atoms with Gasteiger partial charge in [-0.05, 0) is 12.1 Å². The van der Waals surface area contributed by atoms with E-state index in [0.717, 1.165) is 4.31 Å². The van der Waals surface area contributed by atoms with E-state index in [4.69, 9.17) is 4.42 Å². The fourth-order valence-corrected chi connectivity index (χ4v) is 1.91. The Balaban J connectivity index is 2.13. The molecule has 0 atom stereocenters. The first kappa shape index (κ1) is 14.6. The molecule has 1 N–H and O–H groups in total. The van der Waals surface area contributed by atoms with Crippen molar-refractivity contribution < 1.29 is 17.2 Å². The van der Waals surface area contributed by atoms with E-state index >= 15 is 0 Å². The van der Waals surface area contributed by atoms with Gasteiger partial charge in [0.15, 0.2) is 0 Å². The van der Waals surface area contributed by atoms with Crippen LogP contribution in [0.25, 0.3) is 11.5 Å². The van der Waals surface area contributed by atoms with E-state index in [2.05, 4.69) is 14.9 Å². The summed E-state index contributed by atoms with van der Waals surface area (Å²) in [6.45, 7) is -0.165. The van der Waals surface area contributed by atoms with Crippen molar-refractivity contribution in [1.82, 2.24) is 19.2 Å². The van der Waals surface area contributed by atoms with Gasteiger partial charge in [-0.1, -0.05) is 12.1 Å². The minimum atomic E-state index is -3.58. The minimum absolute atomic E-state index is 0.00199. The first-order chi connectivity index (χ1) is 9.40. The predicted octanol–water partition coefficient (Wildman–Crippen LogP) is 0.772. The molecule has 0 bridgehead atoms. The van der Waals surface area contributed by atoms with Crippen LogP contribution in [0.4, 0.5) is 4.39 Å². The van der Waals surface area contributed by atoms with E-state index in [1.54, 1.807) is 12.1 Å². The monoisotopic (exact) mass is 300 g/mol. The quantitative estimate of drug-likeness (QED) is 0.881. The van der Waals surface area contributed by atoms with Crippen LogP contribution in [0.5, 0.6) is 0 Å². The normalized spacial score (nSPS) is 12.0. The van der Waals surface area contributed by atoms with Crippen LogP contribution in [0.3, 0.4) is 0 Å². The van der Waals surface area contributed by atoms with Crippen molar-refractivity contribution in [2.24, 2.45) is 0 Å². The lowest BCUT2D eigenvalue weighted by Crippen LogP contribution is -2.35. The van der Waals surface area contributed by atoms with Crippen molar-refractivity contribution in [3.8, 4) is 11.5 Å². The summed E-state index contributed by atoms with van der Waals surface area (Å²) in [6.07, 6.45) is 0. The summed E-state index contributed by atoms with van der Waals surface area (Å²) in [6, 6.07) is 5.95. The van der Waals surface area contributed by atoms with E-state index < -0.39 is 16.0 Å². The maximum atomic E-state index is 13.5. The first-order valence-electron chi connectivity index (χ1n) is 5.64. The smallest absolute Gasteiger partial charge is 0.279 e. The molecule has 0 saturated carbocycles. The molecule has 108 valence electrons. The van der Waals surface area contributed by atoms with E-state index in [9.17, 15) is 12.8 Å². The Labute approximate surface area is 115 Å². The average Bonchev–Trinajstić information content (AvgIpc) is 2.85. The van der Waals surface area contributed by atoms with E-state index in [0.29, 0.717) is 0 Å². The highest BCUT2D eigenvalue weighted by molar-refractivity contribution is 7.87. The Morgan fingerprint density at radius 1 is 1.30 bits per heavy atom. The lowest BCUT2D eigenvalue weighted by molar-refractivity contribution is 0.472. The average molecular weight is 300 g/mol. The lowest BCUT2D eigenvalue weighted by Gasteiger charge is -2.10. The fraction of sp³-hybridized carbons (Fsp3) is 0.273. The van der Waals surface area contributed by atoms with Gasteiger partial charge in [-0.25, -0.2) is 4.39 Å².